The zero-order valence-corrected chi connectivity index (χ0v) is 11.9. The molecule has 0 N–H and O–H groups in total. The minimum atomic E-state index is 0.609. The van der Waals surface area contributed by atoms with E-state index >= 15 is 0 Å². The van der Waals surface area contributed by atoms with E-state index in [-0.39, 0.29) is 0 Å². The molecule has 0 amide bonds. The van der Waals surface area contributed by atoms with Crippen LogP contribution in [0.3, 0.4) is 0 Å². The standard InChI is InChI=1S/C10H14N2Se2/c1-11-5-3-4-10(11)14-8-6-9(13)12(2)7-8/h3-5,8H,6-7H2,1-2H3. The molecule has 0 saturated carbocycles. The molecule has 0 bridgehead atoms. The summed E-state index contributed by atoms with van der Waals surface area (Å²) < 4.78 is 5.17. The number of nitrogens with zero attached hydrogens (tertiary/aromatic N) is 2. The van der Waals surface area contributed by atoms with Crippen LogP contribution in [0.1, 0.15) is 6.42 Å². The summed E-state index contributed by atoms with van der Waals surface area (Å²) in [6.07, 6.45) is 3.38. The third kappa shape index (κ3) is 2.14. The van der Waals surface area contributed by atoms with E-state index < -0.39 is 0 Å². The molecule has 0 radical (unpaired) electrons. The molecule has 1 aliphatic rings. The van der Waals surface area contributed by atoms with Crippen molar-refractivity contribution in [1.82, 2.24) is 9.47 Å². The van der Waals surface area contributed by atoms with Gasteiger partial charge in [-0.2, -0.15) is 0 Å². The molecule has 1 aromatic heterocycles. The Morgan fingerprint density at radius 2 is 2.29 bits per heavy atom. The van der Waals surface area contributed by atoms with Crippen molar-refractivity contribution in [3.05, 3.63) is 18.3 Å². The van der Waals surface area contributed by atoms with E-state index in [0.29, 0.717) is 15.0 Å². The summed E-state index contributed by atoms with van der Waals surface area (Å²) in [5, 5.41) is 0. The summed E-state index contributed by atoms with van der Waals surface area (Å²) in [4.78, 5) is 3.19. The van der Waals surface area contributed by atoms with Crippen LogP contribution in [0.2, 0.25) is 4.82 Å². The molecule has 1 aromatic rings. The average molecular weight is 320 g/mol. The third-order valence-electron chi connectivity index (χ3n) is 2.49. The number of likely N-dealkylation sites (tertiary alicyclic amines) is 1. The number of aryl methyl sites for hydroxylation is 1. The zero-order valence-electron chi connectivity index (χ0n) is 8.43. The van der Waals surface area contributed by atoms with Crippen LogP contribution in [0.4, 0.5) is 0 Å². The third-order valence-corrected chi connectivity index (χ3v) is 6.25. The van der Waals surface area contributed by atoms with Crippen molar-refractivity contribution in [2.45, 2.75) is 11.2 Å². The molecule has 0 aliphatic carbocycles. The van der Waals surface area contributed by atoms with Gasteiger partial charge >= 0.3 is 99.3 Å². The van der Waals surface area contributed by atoms with Gasteiger partial charge in [-0.15, -0.1) is 0 Å². The van der Waals surface area contributed by atoms with Gasteiger partial charge in [0.2, 0.25) is 0 Å². The maximum absolute atomic E-state index is 3.16. The van der Waals surface area contributed by atoms with Crippen LogP contribution in [-0.2, 0) is 7.05 Å². The quantitative estimate of drug-likeness (QED) is 0.684. The second-order valence-corrected chi connectivity index (χ2v) is 7.44. The molecule has 76 valence electrons. The normalized spacial score (nSPS) is 22.0. The fourth-order valence-electron chi connectivity index (χ4n) is 1.64. The van der Waals surface area contributed by atoms with E-state index in [1.807, 2.05) is 0 Å². The van der Waals surface area contributed by atoms with Crippen LogP contribution in [-0.4, -0.2) is 58.1 Å². The van der Waals surface area contributed by atoms with Gasteiger partial charge in [0.05, 0.1) is 0 Å². The Bertz CT molecular complexity index is 346. The van der Waals surface area contributed by atoms with Crippen molar-refractivity contribution in [2.24, 2.45) is 7.05 Å². The summed E-state index contributed by atoms with van der Waals surface area (Å²) in [7, 11) is 4.31. The molecule has 14 heavy (non-hydrogen) atoms. The first-order valence-corrected chi connectivity index (χ1v) is 7.39. The molecule has 2 heterocycles. The summed E-state index contributed by atoms with van der Waals surface area (Å²) >= 11 is 3.77. The van der Waals surface area contributed by atoms with Crippen molar-refractivity contribution in [2.75, 3.05) is 13.6 Å². The summed E-state index contributed by atoms with van der Waals surface area (Å²) in [6.45, 7) is 1.22. The van der Waals surface area contributed by atoms with Crippen LogP contribution < -0.4 is 4.59 Å². The molecule has 4 heteroatoms. The van der Waals surface area contributed by atoms with Gasteiger partial charge in [0.1, 0.15) is 0 Å². The number of hydrogen-bond donors (Lipinski definition) is 0. The molecule has 0 spiro atoms. The summed E-state index contributed by atoms with van der Waals surface area (Å²) in [5.41, 5.74) is 0. The van der Waals surface area contributed by atoms with Gasteiger partial charge in [-0.25, -0.2) is 0 Å². The van der Waals surface area contributed by atoms with E-state index in [2.05, 4.69) is 57.5 Å². The van der Waals surface area contributed by atoms with E-state index in [4.69, 9.17) is 0 Å². The summed E-state index contributed by atoms with van der Waals surface area (Å²) in [6, 6.07) is 4.38. The van der Waals surface area contributed by atoms with Crippen LogP contribution in [0, 0.1) is 0 Å². The Hall–Kier alpha value is -0.0110. The van der Waals surface area contributed by atoms with Gasteiger partial charge in [0.25, 0.3) is 0 Å². The predicted molar refractivity (Wildman–Crippen MR) is 62.6 cm³/mol. The topological polar surface area (TPSA) is 8.17 Å². The Morgan fingerprint density at radius 3 is 2.79 bits per heavy atom. The van der Waals surface area contributed by atoms with Gasteiger partial charge in [0.15, 0.2) is 0 Å². The Morgan fingerprint density at radius 1 is 1.50 bits per heavy atom. The fraction of sp³-hybridized carbons (Fsp3) is 0.500. The van der Waals surface area contributed by atoms with Crippen LogP contribution in [0.5, 0.6) is 0 Å². The molecule has 1 saturated heterocycles. The average Bonchev–Trinajstić information content (AvgIpc) is 2.63. The number of hydrogen-bond acceptors (Lipinski definition) is 1. The SMILES string of the molecule is CN1CC([Se]c2cccn2C)CC1=[Se]. The molecule has 0 aromatic carbocycles. The van der Waals surface area contributed by atoms with E-state index in [1.54, 1.807) is 0 Å². The van der Waals surface area contributed by atoms with Crippen LogP contribution in [0.25, 0.3) is 0 Å². The second kappa shape index (κ2) is 4.24. The van der Waals surface area contributed by atoms with E-state index in [1.165, 1.54) is 22.1 Å². The summed E-state index contributed by atoms with van der Waals surface area (Å²) in [5.74, 6) is 0. The molecule has 2 rings (SSSR count). The second-order valence-electron chi connectivity index (χ2n) is 3.68. The molecule has 1 unspecified atom stereocenters. The Balaban J connectivity index is 2.00. The Labute approximate surface area is 99.2 Å². The van der Waals surface area contributed by atoms with Crippen molar-refractivity contribution in [3.63, 3.8) is 0 Å². The van der Waals surface area contributed by atoms with Gasteiger partial charge in [-0.3, -0.25) is 0 Å². The molecule has 1 atom stereocenters. The molecular weight excluding hydrogens is 306 g/mol. The molecule has 1 fully saturated rings. The Kier molecular flexibility index (Phi) is 3.18. The molecule has 1 aliphatic heterocycles. The zero-order chi connectivity index (χ0) is 10.1. The van der Waals surface area contributed by atoms with Crippen molar-refractivity contribution in [3.8, 4) is 0 Å². The van der Waals surface area contributed by atoms with Gasteiger partial charge in [-0.1, -0.05) is 0 Å². The first-order valence-electron chi connectivity index (χ1n) is 4.69. The van der Waals surface area contributed by atoms with Crippen molar-refractivity contribution < 1.29 is 0 Å². The number of rotatable bonds is 2. The molecule has 2 nitrogen and oxygen atoms in total. The van der Waals surface area contributed by atoms with Gasteiger partial charge in [0, 0.05) is 0 Å². The first kappa shape index (κ1) is 10.5. The fourth-order valence-corrected chi connectivity index (χ4v) is 5.41. The van der Waals surface area contributed by atoms with Crippen LogP contribution in [0.15, 0.2) is 18.3 Å². The predicted octanol–water partition coefficient (Wildman–Crippen LogP) is -0.223. The monoisotopic (exact) mass is 322 g/mol. The first-order chi connectivity index (χ1) is 6.66. The van der Waals surface area contributed by atoms with Gasteiger partial charge in [-0.05, 0) is 0 Å². The van der Waals surface area contributed by atoms with Gasteiger partial charge < -0.3 is 0 Å². The van der Waals surface area contributed by atoms with Crippen molar-refractivity contribution >= 4 is 39.7 Å². The van der Waals surface area contributed by atoms with E-state index in [0.717, 1.165) is 4.82 Å². The maximum atomic E-state index is 3.16. The van der Waals surface area contributed by atoms with E-state index in [9.17, 15) is 0 Å². The van der Waals surface area contributed by atoms with Crippen LogP contribution >= 0.6 is 0 Å². The number of aromatic nitrogens is 1. The molecular formula is C10H14N2Se2. The minimum absolute atomic E-state index is 0.609. The van der Waals surface area contributed by atoms with Crippen molar-refractivity contribution in [1.29, 1.82) is 0 Å².